The van der Waals surface area contributed by atoms with Gasteiger partial charge in [0, 0.05) is 16.2 Å². The van der Waals surface area contributed by atoms with Crippen LogP contribution in [0.1, 0.15) is 33.3 Å². The number of aryl methyl sites for hydroxylation is 1. The quantitative estimate of drug-likeness (QED) is 0.687. The summed E-state index contributed by atoms with van der Waals surface area (Å²) in [4.78, 5) is 26.7. The van der Waals surface area contributed by atoms with Gasteiger partial charge in [-0.2, -0.15) is 0 Å². The van der Waals surface area contributed by atoms with Gasteiger partial charge in [0.25, 0.3) is 0 Å². The molecule has 1 atom stereocenters. The summed E-state index contributed by atoms with van der Waals surface area (Å²) in [6.07, 6.45) is 0.801. The summed E-state index contributed by atoms with van der Waals surface area (Å²) < 4.78 is 5.91. The topological polar surface area (TPSA) is 59.2 Å². The Morgan fingerprint density at radius 3 is 2.45 bits per heavy atom. The summed E-state index contributed by atoms with van der Waals surface area (Å²) in [6, 6.07) is 8.76. The van der Waals surface area contributed by atoms with Crippen LogP contribution in [0.3, 0.4) is 0 Å². The van der Waals surface area contributed by atoms with Crippen LogP contribution in [0.4, 0.5) is 0 Å². The van der Waals surface area contributed by atoms with Gasteiger partial charge in [0.05, 0.1) is 0 Å². The number of aromatic amines is 1. The van der Waals surface area contributed by atoms with Crippen molar-refractivity contribution in [1.29, 1.82) is 0 Å². The predicted molar refractivity (Wildman–Crippen MR) is 78.9 cm³/mol. The number of nitrogens with one attached hydrogen (secondary N) is 1. The molecule has 0 radical (unpaired) electrons. The molecule has 0 amide bonds. The van der Waals surface area contributed by atoms with Crippen LogP contribution in [-0.2, 0) is 4.74 Å². The third kappa shape index (κ3) is 3.36. The number of esters is 1. The molecule has 5 heteroatoms. The Kier molecular flexibility index (Phi) is 4.39. The highest BCUT2D eigenvalue weighted by Crippen LogP contribution is 2.14. The van der Waals surface area contributed by atoms with Crippen LogP contribution in [-0.4, -0.2) is 22.8 Å². The third-order valence-corrected chi connectivity index (χ3v) is 3.31. The lowest BCUT2D eigenvalue weighted by Gasteiger charge is -2.11. The largest absolute Gasteiger partial charge is 0.450 e. The zero-order valence-electron chi connectivity index (χ0n) is 11.1. The van der Waals surface area contributed by atoms with Crippen molar-refractivity contribution >= 4 is 27.7 Å². The monoisotopic (exact) mass is 335 g/mol. The maximum Gasteiger partial charge on any atom is 0.355 e. The number of Topliss-reactive ketones (excluding diaryl/α,β-unsaturated/α-hetero) is 1. The van der Waals surface area contributed by atoms with Crippen LogP contribution >= 0.6 is 15.9 Å². The van der Waals surface area contributed by atoms with Gasteiger partial charge in [0.15, 0.2) is 6.10 Å². The Labute approximate surface area is 125 Å². The van der Waals surface area contributed by atoms with Crippen LogP contribution in [0, 0.1) is 6.92 Å². The van der Waals surface area contributed by atoms with Crippen LogP contribution in [0.25, 0.3) is 0 Å². The molecule has 1 N–H and O–H groups in total. The first-order chi connectivity index (χ1) is 9.47. The number of aromatic nitrogens is 1. The van der Waals surface area contributed by atoms with Gasteiger partial charge in [0.1, 0.15) is 5.69 Å². The fourth-order valence-corrected chi connectivity index (χ4v) is 2.06. The van der Waals surface area contributed by atoms with E-state index in [2.05, 4.69) is 20.9 Å². The first-order valence-electron chi connectivity index (χ1n) is 6.13. The Morgan fingerprint density at radius 1 is 1.25 bits per heavy atom. The number of carbonyl (C=O) groups excluding carboxylic acids is 2. The molecule has 0 fully saturated rings. The molecule has 1 unspecified atom stereocenters. The second kappa shape index (κ2) is 6.05. The lowest BCUT2D eigenvalue weighted by molar-refractivity contribution is 0.0314. The molecule has 1 aromatic carbocycles. The fraction of sp³-hybridized carbons (Fsp3) is 0.200. The Morgan fingerprint density at radius 2 is 1.90 bits per heavy atom. The molecule has 0 aliphatic carbocycles. The first kappa shape index (κ1) is 14.5. The van der Waals surface area contributed by atoms with Gasteiger partial charge in [-0.25, -0.2) is 4.79 Å². The number of rotatable bonds is 4. The Bertz CT molecular complexity index is 631. The van der Waals surface area contributed by atoms with E-state index < -0.39 is 12.1 Å². The van der Waals surface area contributed by atoms with E-state index in [0.717, 1.165) is 10.0 Å². The molecule has 2 aromatic rings. The standard InChI is InChI=1S/C15H14BrNO3/c1-9-3-5-11(6-4-9)14(18)10(2)20-15(19)13-7-12(16)8-17-13/h3-8,10,17H,1-2H3. The van der Waals surface area contributed by atoms with E-state index in [1.165, 1.54) is 0 Å². The van der Waals surface area contributed by atoms with E-state index >= 15 is 0 Å². The van der Waals surface area contributed by atoms with Crippen LogP contribution in [0.2, 0.25) is 0 Å². The van der Waals surface area contributed by atoms with Gasteiger partial charge in [-0.05, 0) is 35.8 Å². The molecule has 0 aliphatic rings. The van der Waals surface area contributed by atoms with Crippen molar-refractivity contribution in [3.63, 3.8) is 0 Å². The van der Waals surface area contributed by atoms with E-state index in [-0.39, 0.29) is 5.78 Å². The number of carbonyl (C=O) groups is 2. The number of ether oxygens (including phenoxy) is 1. The second-order valence-corrected chi connectivity index (χ2v) is 5.43. The molecule has 1 aromatic heterocycles. The lowest BCUT2D eigenvalue weighted by Crippen LogP contribution is -2.24. The van der Waals surface area contributed by atoms with Crippen LogP contribution in [0.5, 0.6) is 0 Å². The number of H-pyrrole nitrogens is 1. The maximum atomic E-state index is 12.1. The predicted octanol–water partition coefficient (Wildman–Crippen LogP) is 3.51. The van der Waals surface area contributed by atoms with Gasteiger partial charge in [-0.1, -0.05) is 29.8 Å². The normalized spacial score (nSPS) is 11.9. The third-order valence-electron chi connectivity index (χ3n) is 2.86. The minimum atomic E-state index is -0.827. The number of halogens is 1. The highest BCUT2D eigenvalue weighted by Gasteiger charge is 2.21. The fourth-order valence-electron chi connectivity index (χ4n) is 1.72. The van der Waals surface area contributed by atoms with E-state index in [0.29, 0.717) is 11.3 Å². The minimum Gasteiger partial charge on any atom is -0.450 e. The molecule has 0 saturated heterocycles. The summed E-state index contributed by atoms with van der Waals surface area (Å²) in [5.41, 5.74) is 1.91. The SMILES string of the molecule is Cc1ccc(C(=O)C(C)OC(=O)c2cc(Br)c[nH]2)cc1. The average Bonchev–Trinajstić information content (AvgIpc) is 2.85. The molecule has 0 bridgehead atoms. The molecule has 4 nitrogen and oxygen atoms in total. The summed E-state index contributed by atoms with van der Waals surface area (Å²) in [5.74, 6) is -0.771. The van der Waals surface area contributed by atoms with Crippen molar-refractivity contribution in [2.75, 3.05) is 0 Å². The summed E-state index contributed by atoms with van der Waals surface area (Å²) in [7, 11) is 0. The molecular weight excluding hydrogens is 322 g/mol. The highest BCUT2D eigenvalue weighted by atomic mass is 79.9. The summed E-state index contributed by atoms with van der Waals surface area (Å²) in [6.45, 7) is 3.51. The Hall–Kier alpha value is -1.88. The number of ketones is 1. The van der Waals surface area contributed by atoms with Crippen molar-refractivity contribution in [2.24, 2.45) is 0 Å². The molecule has 0 spiro atoms. The van der Waals surface area contributed by atoms with Crippen molar-refractivity contribution in [1.82, 2.24) is 4.98 Å². The molecule has 0 aliphatic heterocycles. The van der Waals surface area contributed by atoms with Gasteiger partial charge in [-0.15, -0.1) is 0 Å². The van der Waals surface area contributed by atoms with Gasteiger partial charge in [0.2, 0.25) is 5.78 Å². The summed E-state index contributed by atoms with van der Waals surface area (Å²) >= 11 is 3.23. The summed E-state index contributed by atoms with van der Waals surface area (Å²) in [5, 5.41) is 0. The molecule has 104 valence electrons. The van der Waals surface area contributed by atoms with Crippen LogP contribution in [0.15, 0.2) is 41.0 Å². The number of hydrogen-bond acceptors (Lipinski definition) is 3. The van der Waals surface area contributed by atoms with Crippen LogP contribution < -0.4 is 0 Å². The van der Waals surface area contributed by atoms with E-state index in [1.54, 1.807) is 31.3 Å². The minimum absolute atomic E-state index is 0.219. The molecular formula is C15H14BrNO3. The van der Waals surface area contributed by atoms with Crippen molar-refractivity contribution < 1.29 is 14.3 Å². The van der Waals surface area contributed by atoms with E-state index in [1.807, 2.05) is 19.1 Å². The highest BCUT2D eigenvalue weighted by molar-refractivity contribution is 9.10. The van der Waals surface area contributed by atoms with E-state index in [9.17, 15) is 9.59 Å². The smallest absolute Gasteiger partial charge is 0.355 e. The lowest BCUT2D eigenvalue weighted by atomic mass is 10.1. The van der Waals surface area contributed by atoms with Gasteiger partial charge >= 0.3 is 5.97 Å². The van der Waals surface area contributed by atoms with Crippen molar-refractivity contribution in [3.05, 3.63) is 57.8 Å². The number of benzene rings is 1. The maximum absolute atomic E-state index is 12.1. The zero-order chi connectivity index (χ0) is 14.7. The van der Waals surface area contributed by atoms with Gasteiger partial charge in [-0.3, -0.25) is 4.79 Å². The average molecular weight is 336 g/mol. The molecule has 0 saturated carbocycles. The number of hydrogen-bond donors (Lipinski definition) is 1. The Balaban J connectivity index is 2.04. The molecule has 2 rings (SSSR count). The first-order valence-corrected chi connectivity index (χ1v) is 6.92. The molecule has 1 heterocycles. The zero-order valence-corrected chi connectivity index (χ0v) is 12.7. The molecule has 20 heavy (non-hydrogen) atoms. The van der Waals surface area contributed by atoms with Crippen molar-refractivity contribution in [3.8, 4) is 0 Å². The van der Waals surface area contributed by atoms with Crippen molar-refractivity contribution in [2.45, 2.75) is 20.0 Å². The van der Waals surface area contributed by atoms with E-state index in [4.69, 9.17) is 4.74 Å². The van der Waals surface area contributed by atoms with Gasteiger partial charge < -0.3 is 9.72 Å². The second-order valence-electron chi connectivity index (χ2n) is 4.51.